The van der Waals surface area contributed by atoms with Crippen molar-refractivity contribution in [2.75, 3.05) is 6.61 Å². The molecule has 6 unspecified atom stereocenters. The van der Waals surface area contributed by atoms with Crippen LogP contribution < -0.4 is 0 Å². The van der Waals surface area contributed by atoms with Crippen molar-refractivity contribution in [1.82, 2.24) is 0 Å². The average molecular weight is 525 g/mol. The number of aliphatic hydroxyl groups is 5. The Bertz CT molecular complexity index is 913. The molecule has 5 N–H and O–H groups in total. The summed E-state index contributed by atoms with van der Waals surface area (Å²) in [7, 11) is 0. The summed E-state index contributed by atoms with van der Waals surface area (Å²) in [5.74, 6) is -0.349. The van der Waals surface area contributed by atoms with Crippen LogP contribution in [0.25, 0.3) is 0 Å². The SMILES string of the molecule is CC1OC(OC2CCC(C)(C3CC(O)C4(C)[C@@H](C5=CC(=O)OC5)CC[C@]4(O)[C@@H]3C)CC2)[C@@H](O)[C@@H](O)C1O. The van der Waals surface area contributed by atoms with Crippen molar-refractivity contribution in [3.8, 4) is 0 Å². The summed E-state index contributed by atoms with van der Waals surface area (Å²) >= 11 is 0. The topological polar surface area (TPSA) is 146 Å². The Morgan fingerprint density at radius 3 is 2.27 bits per heavy atom. The lowest BCUT2D eigenvalue weighted by atomic mass is 9.48. The van der Waals surface area contributed by atoms with Gasteiger partial charge >= 0.3 is 5.97 Å². The second-order valence-corrected chi connectivity index (χ2v) is 12.9. The Hall–Kier alpha value is -1.07. The van der Waals surface area contributed by atoms with Crippen LogP contribution >= 0.6 is 0 Å². The van der Waals surface area contributed by atoms with Crippen molar-refractivity contribution in [2.45, 2.75) is 121 Å². The summed E-state index contributed by atoms with van der Waals surface area (Å²) in [6.45, 7) is 8.24. The van der Waals surface area contributed by atoms with Gasteiger partial charge in [0, 0.05) is 11.5 Å². The highest BCUT2D eigenvalue weighted by Crippen LogP contribution is 2.66. The molecule has 0 aromatic heterocycles. The number of ether oxygens (including phenoxy) is 3. The van der Waals surface area contributed by atoms with Gasteiger partial charge in [-0.2, -0.15) is 0 Å². The highest BCUT2D eigenvalue weighted by molar-refractivity contribution is 5.85. The quantitative estimate of drug-likeness (QED) is 0.345. The third-order valence-corrected chi connectivity index (χ3v) is 11.2. The largest absolute Gasteiger partial charge is 0.458 e. The molecule has 0 amide bonds. The molecule has 0 bridgehead atoms. The van der Waals surface area contributed by atoms with Gasteiger partial charge in [-0.3, -0.25) is 0 Å². The van der Waals surface area contributed by atoms with Crippen LogP contribution in [0.2, 0.25) is 0 Å². The first-order valence-corrected chi connectivity index (χ1v) is 13.9. The molecule has 2 aliphatic heterocycles. The Balaban J connectivity index is 1.27. The zero-order chi connectivity index (χ0) is 26.9. The summed E-state index contributed by atoms with van der Waals surface area (Å²) < 4.78 is 16.9. The van der Waals surface area contributed by atoms with Gasteiger partial charge in [0.05, 0.1) is 23.9 Å². The van der Waals surface area contributed by atoms with Crippen LogP contribution in [0.5, 0.6) is 0 Å². The summed E-state index contributed by atoms with van der Waals surface area (Å²) in [5, 5.41) is 54.1. The molecule has 0 aromatic carbocycles. The summed E-state index contributed by atoms with van der Waals surface area (Å²) in [5.41, 5.74) is -1.00. The van der Waals surface area contributed by atoms with E-state index in [9.17, 15) is 30.3 Å². The Morgan fingerprint density at radius 1 is 0.973 bits per heavy atom. The third kappa shape index (κ3) is 4.20. The van der Waals surface area contributed by atoms with Crippen LogP contribution in [0.3, 0.4) is 0 Å². The predicted octanol–water partition coefficient (Wildman–Crippen LogP) is 1.43. The van der Waals surface area contributed by atoms with E-state index < -0.39 is 47.8 Å². The van der Waals surface area contributed by atoms with Crippen LogP contribution in [-0.2, 0) is 19.0 Å². The van der Waals surface area contributed by atoms with Crippen molar-refractivity contribution in [3.63, 3.8) is 0 Å². The number of carbonyl (C=O) groups excluding carboxylic acids is 1. The van der Waals surface area contributed by atoms with E-state index in [1.54, 1.807) is 13.0 Å². The minimum atomic E-state index is -1.32. The smallest absolute Gasteiger partial charge is 0.331 e. The highest BCUT2D eigenvalue weighted by Gasteiger charge is 2.68. The number of cyclic esters (lactones) is 1. The lowest BCUT2D eigenvalue weighted by Crippen LogP contribution is -2.64. The van der Waals surface area contributed by atoms with Gasteiger partial charge in [0.1, 0.15) is 24.9 Å². The van der Waals surface area contributed by atoms with Crippen LogP contribution in [0, 0.1) is 28.6 Å². The number of aliphatic hydroxyl groups excluding tert-OH is 4. The van der Waals surface area contributed by atoms with Gasteiger partial charge in [0.25, 0.3) is 0 Å². The molecule has 2 heterocycles. The van der Waals surface area contributed by atoms with Crippen molar-refractivity contribution in [1.29, 1.82) is 0 Å². The molecule has 37 heavy (non-hydrogen) atoms. The standard InChI is InChI=1S/C28H44O9/c1-14-19(12-20(29)27(4)18(7-10-28(14,27)34)16-11-21(30)35-13-16)26(3)8-5-17(6-9-26)37-25-24(33)23(32)22(31)15(2)36-25/h11,14-15,17-20,22-25,29,31-34H,5-10,12-13H2,1-4H3/t14-,15?,17?,18-,19?,20?,22?,23+,24+,25?,26?,27?,28+/m1/s1. The van der Waals surface area contributed by atoms with Crippen LogP contribution in [-0.4, -0.2) is 86.6 Å². The second-order valence-electron chi connectivity index (χ2n) is 12.9. The van der Waals surface area contributed by atoms with Gasteiger partial charge in [0.15, 0.2) is 6.29 Å². The first-order valence-electron chi connectivity index (χ1n) is 13.9. The minimum absolute atomic E-state index is 0.0343. The molecule has 3 aliphatic carbocycles. The Kier molecular flexibility index (Phi) is 7.09. The molecule has 4 fully saturated rings. The number of hydrogen-bond donors (Lipinski definition) is 5. The van der Waals surface area contributed by atoms with E-state index in [4.69, 9.17) is 14.2 Å². The predicted molar refractivity (Wildman–Crippen MR) is 132 cm³/mol. The van der Waals surface area contributed by atoms with Crippen molar-refractivity contribution in [3.05, 3.63) is 11.6 Å². The molecule has 0 aromatic rings. The van der Waals surface area contributed by atoms with Gasteiger partial charge in [-0.15, -0.1) is 0 Å². The maximum Gasteiger partial charge on any atom is 0.331 e. The fraction of sp³-hybridized carbons (Fsp3) is 0.893. The summed E-state index contributed by atoms with van der Waals surface area (Å²) in [6.07, 6.45) is 0.316. The van der Waals surface area contributed by atoms with E-state index in [-0.39, 0.29) is 41.8 Å². The van der Waals surface area contributed by atoms with Crippen molar-refractivity contribution >= 4 is 5.97 Å². The van der Waals surface area contributed by atoms with Crippen LogP contribution in [0.1, 0.15) is 72.6 Å². The molecule has 5 rings (SSSR count). The van der Waals surface area contributed by atoms with E-state index in [0.717, 1.165) is 37.7 Å². The lowest BCUT2D eigenvalue weighted by molar-refractivity contribution is -0.307. The van der Waals surface area contributed by atoms with Crippen LogP contribution in [0.4, 0.5) is 0 Å². The molecule has 0 spiro atoms. The second kappa shape index (κ2) is 9.54. The first-order chi connectivity index (χ1) is 17.3. The fourth-order valence-corrected chi connectivity index (χ4v) is 8.62. The minimum Gasteiger partial charge on any atom is -0.458 e. The number of carbonyl (C=O) groups is 1. The van der Waals surface area contributed by atoms with Gasteiger partial charge < -0.3 is 39.7 Å². The average Bonchev–Trinajstić information content (AvgIpc) is 3.41. The maximum atomic E-state index is 12.2. The molecule has 0 radical (unpaired) electrons. The van der Waals surface area contributed by atoms with Gasteiger partial charge in [0.2, 0.25) is 0 Å². The van der Waals surface area contributed by atoms with E-state index in [1.807, 2.05) is 6.92 Å². The maximum absolute atomic E-state index is 12.2. The number of esters is 1. The molecule has 210 valence electrons. The van der Waals surface area contributed by atoms with E-state index in [1.165, 1.54) is 0 Å². The molecule has 1 saturated heterocycles. The van der Waals surface area contributed by atoms with Gasteiger partial charge in [-0.05, 0) is 80.6 Å². The molecular weight excluding hydrogens is 480 g/mol. The van der Waals surface area contributed by atoms with E-state index >= 15 is 0 Å². The number of fused-ring (bicyclic) bond motifs is 1. The van der Waals surface area contributed by atoms with Gasteiger partial charge in [-0.25, -0.2) is 4.79 Å². The zero-order valence-corrected chi connectivity index (χ0v) is 22.4. The molecule has 11 atom stereocenters. The lowest BCUT2D eigenvalue weighted by Gasteiger charge is -2.60. The number of hydrogen-bond acceptors (Lipinski definition) is 9. The Morgan fingerprint density at radius 2 is 1.65 bits per heavy atom. The monoisotopic (exact) mass is 524 g/mol. The zero-order valence-electron chi connectivity index (χ0n) is 22.4. The first kappa shape index (κ1) is 27.5. The van der Waals surface area contributed by atoms with Crippen LogP contribution in [0.15, 0.2) is 11.6 Å². The van der Waals surface area contributed by atoms with Crippen molar-refractivity contribution in [2.24, 2.45) is 28.6 Å². The van der Waals surface area contributed by atoms with Crippen molar-refractivity contribution < 1.29 is 44.5 Å². The highest BCUT2D eigenvalue weighted by atomic mass is 16.7. The molecule has 9 nitrogen and oxygen atoms in total. The summed E-state index contributed by atoms with van der Waals surface area (Å²) in [4.78, 5) is 11.7. The number of rotatable bonds is 4. The Labute approximate surface area is 218 Å². The molecule has 3 saturated carbocycles. The molecule has 5 aliphatic rings. The normalized spacial score (nSPS) is 54.5. The third-order valence-electron chi connectivity index (χ3n) is 11.2. The molecular formula is C28H44O9. The fourth-order valence-electron chi connectivity index (χ4n) is 8.62. The van der Waals surface area contributed by atoms with E-state index in [0.29, 0.717) is 12.8 Å². The molecule has 9 heteroatoms. The van der Waals surface area contributed by atoms with Gasteiger partial charge in [-0.1, -0.05) is 20.8 Å². The summed E-state index contributed by atoms with van der Waals surface area (Å²) in [6, 6.07) is 0. The van der Waals surface area contributed by atoms with E-state index in [2.05, 4.69) is 13.8 Å².